The smallest absolute Gasteiger partial charge is 0.232 e. The van der Waals surface area contributed by atoms with Crippen LogP contribution in [0.3, 0.4) is 0 Å². The third kappa shape index (κ3) is 3.45. The van der Waals surface area contributed by atoms with Gasteiger partial charge in [0.05, 0.1) is 22.7 Å². The third-order valence-corrected chi connectivity index (χ3v) is 6.17. The first-order valence-corrected chi connectivity index (χ1v) is 10.6. The molecule has 4 heterocycles. The van der Waals surface area contributed by atoms with Gasteiger partial charge in [0.15, 0.2) is 15.9 Å². The van der Waals surface area contributed by atoms with Crippen LogP contribution in [-0.2, 0) is 18.3 Å². The van der Waals surface area contributed by atoms with E-state index in [1.165, 1.54) is 11.3 Å². The van der Waals surface area contributed by atoms with Crippen molar-refractivity contribution >= 4 is 38.7 Å². The molecule has 0 unspecified atom stereocenters. The first-order chi connectivity index (χ1) is 14.2. The summed E-state index contributed by atoms with van der Waals surface area (Å²) in [7, 11) is 1.94. The molecule has 1 aromatic carbocycles. The summed E-state index contributed by atoms with van der Waals surface area (Å²) < 4.78 is 3.87. The molecule has 1 amide bonds. The third-order valence-electron chi connectivity index (χ3n) is 4.43. The van der Waals surface area contributed by atoms with Gasteiger partial charge in [0, 0.05) is 42.8 Å². The Balaban J connectivity index is 1.44. The lowest BCUT2D eigenvalue weighted by Gasteiger charge is -2.02. The zero-order valence-electron chi connectivity index (χ0n) is 15.4. The number of amides is 1. The van der Waals surface area contributed by atoms with Crippen LogP contribution >= 0.6 is 22.7 Å². The molecule has 144 valence electrons. The van der Waals surface area contributed by atoms with E-state index < -0.39 is 0 Å². The maximum Gasteiger partial charge on any atom is 0.232 e. The zero-order chi connectivity index (χ0) is 19.8. The van der Waals surface area contributed by atoms with E-state index in [2.05, 4.69) is 15.3 Å². The molecule has 0 aliphatic heterocycles. The molecule has 0 aliphatic carbocycles. The summed E-state index contributed by atoms with van der Waals surface area (Å²) in [6.07, 6.45) is 7.66. The van der Waals surface area contributed by atoms with Crippen LogP contribution in [0.1, 0.15) is 5.69 Å². The summed E-state index contributed by atoms with van der Waals surface area (Å²) in [6, 6.07) is 9.92. The number of thiazole rings is 2. The fourth-order valence-corrected chi connectivity index (χ4v) is 4.85. The van der Waals surface area contributed by atoms with E-state index in [1.807, 2.05) is 70.3 Å². The molecule has 0 spiro atoms. The number of aryl methyl sites for hydroxylation is 1. The van der Waals surface area contributed by atoms with Gasteiger partial charge in [-0.2, -0.15) is 0 Å². The van der Waals surface area contributed by atoms with Crippen molar-refractivity contribution < 1.29 is 4.79 Å². The fraction of sp³-hybridized carbons (Fsp3) is 0.100. The van der Waals surface area contributed by atoms with Crippen LogP contribution in [0.5, 0.6) is 0 Å². The molecule has 4 aromatic heterocycles. The molecule has 0 atom stereocenters. The number of imidazole rings is 2. The van der Waals surface area contributed by atoms with Crippen molar-refractivity contribution in [2.45, 2.75) is 6.42 Å². The predicted octanol–water partition coefficient (Wildman–Crippen LogP) is 4.10. The number of hydrogen-bond donors (Lipinski definition) is 1. The molecule has 0 radical (unpaired) electrons. The number of fused-ring (bicyclic) bond motifs is 1. The SMILES string of the molecule is Cn1ccnc1-c1sc(NC(=O)Cc2cn3ccsc3n2)nc1-c1ccccc1. The van der Waals surface area contributed by atoms with Crippen molar-refractivity contribution in [2.24, 2.45) is 7.05 Å². The maximum absolute atomic E-state index is 12.6. The Kier molecular flexibility index (Phi) is 4.45. The molecule has 0 bridgehead atoms. The number of rotatable bonds is 5. The predicted molar refractivity (Wildman–Crippen MR) is 115 cm³/mol. The van der Waals surface area contributed by atoms with Crippen molar-refractivity contribution in [1.29, 1.82) is 0 Å². The number of carbonyl (C=O) groups excluding carboxylic acids is 1. The average molecular weight is 421 g/mol. The highest BCUT2D eigenvalue weighted by molar-refractivity contribution is 7.19. The van der Waals surface area contributed by atoms with Gasteiger partial charge in [0.2, 0.25) is 5.91 Å². The standard InChI is InChI=1S/C20H16N6OS2/c1-25-8-7-21-18(25)17-16(13-5-3-2-4-6-13)24-19(29-17)23-15(27)11-14-12-26-9-10-28-20(26)22-14/h2-10,12H,11H2,1H3,(H,23,24,27). The minimum Gasteiger partial charge on any atom is -0.333 e. The van der Waals surface area contributed by atoms with Gasteiger partial charge in [-0.05, 0) is 0 Å². The second kappa shape index (κ2) is 7.26. The van der Waals surface area contributed by atoms with Gasteiger partial charge in [-0.15, -0.1) is 11.3 Å². The van der Waals surface area contributed by atoms with Crippen LogP contribution in [0.4, 0.5) is 5.13 Å². The minimum absolute atomic E-state index is 0.143. The normalized spacial score (nSPS) is 11.2. The number of nitrogens with one attached hydrogen (secondary N) is 1. The molecule has 7 nitrogen and oxygen atoms in total. The zero-order valence-corrected chi connectivity index (χ0v) is 17.1. The molecule has 0 fully saturated rings. The van der Waals surface area contributed by atoms with Crippen molar-refractivity contribution in [3.8, 4) is 22.0 Å². The van der Waals surface area contributed by atoms with Gasteiger partial charge in [-0.3, -0.25) is 9.20 Å². The monoisotopic (exact) mass is 420 g/mol. The van der Waals surface area contributed by atoms with Gasteiger partial charge in [0.25, 0.3) is 0 Å². The Morgan fingerprint density at radius 1 is 1.17 bits per heavy atom. The number of benzene rings is 1. The number of anilines is 1. The second-order valence-corrected chi connectivity index (χ2v) is 8.35. The van der Waals surface area contributed by atoms with Crippen molar-refractivity contribution in [1.82, 2.24) is 23.9 Å². The Bertz CT molecular complexity index is 1270. The first-order valence-electron chi connectivity index (χ1n) is 8.92. The molecule has 9 heteroatoms. The van der Waals surface area contributed by atoms with Crippen LogP contribution in [0.15, 0.2) is 60.5 Å². The average Bonchev–Trinajstić information content (AvgIpc) is 3.46. The largest absolute Gasteiger partial charge is 0.333 e. The van der Waals surface area contributed by atoms with E-state index in [0.29, 0.717) is 5.13 Å². The van der Waals surface area contributed by atoms with Gasteiger partial charge in [-0.25, -0.2) is 15.0 Å². The van der Waals surface area contributed by atoms with Crippen molar-refractivity contribution in [3.63, 3.8) is 0 Å². The van der Waals surface area contributed by atoms with Crippen LogP contribution in [0.2, 0.25) is 0 Å². The Morgan fingerprint density at radius 2 is 2.03 bits per heavy atom. The highest BCUT2D eigenvalue weighted by Crippen LogP contribution is 2.38. The molecule has 0 saturated heterocycles. The molecule has 5 rings (SSSR count). The molecule has 29 heavy (non-hydrogen) atoms. The molecular weight excluding hydrogens is 404 g/mol. The van der Waals surface area contributed by atoms with Crippen LogP contribution in [0, 0.1) is 0 Å². The van der Waals surface area contributed by atoms with E-state index in [0.717, 1.165) is 32.6 Å². The Morgan fingerprint density at radius 3 is 2.79 bits per heavy atom. The van der Waals surface area contributed by atoms with Crippen LogP contribution in [-0.4, -0.2) is 29.8 Å². The number of carbonyl (C=O) groups is 1. The van der Waals surface area contributed by atoms with Gasteiger partial charge >= 0.3 is 0 Å². The Hall–Kier alpha value is -3.30. The summed E-state index contributed by atoms with van der Waals surface area (Å²) in [4.78, 5) is 28.0. The molecule has 1 N–H and O–H groups in total. The lowest BCUT2D eigenvalue weighted by atomic mass is 10.1. The van der Waals surface area contributed by atoms with E-state index >= 15 is 0 Å². The van der Waals surface area contributed by atoms with Crippen LogP contribution < -0.4 is 5.32 Å². The van der Waals surface area contributed by atoms with Crippen molar-refractivity contribution in [3.05, 3.63) is 66.2 Å². The highest BCUT2D eigenvalue weighted by Gasteiger charge is 2.19. The van der Waals surface area contributed by atoms with Gasteiger partial charge in [-0.1, -0.05) is 41.7 Å². The van der Waals surface area contributed by atoms with E-state index in [4.69, 9.17) is 4.98 Å². The molecule has 0 saturated carbocycles. The summed E-state index contributed by atoms with van der Waals surface area (Å²) >= 11 is 2.96. The van der Waals surface area contributed by atoms with Crippen LogP contribution in [0.25, 0.3) is 26.9 Å². The fourth-order valence-electron chi connectivity index (χ4n) is 3.09. The lowest BCUT2D eigenvalue weighted by molar-refractivity contribution is -0.115. The number of hydrogen-bond acceptors (Lipinski definition) is 6. The Labute approximate surface area is 174 Å². The molecular formula is C20H16N6OS2. The highest BCUT2D eigenvalue weighted by atomic mass is 32.1. The topological polar surface area (TPSA) is 77.1 Å². The van der Waals surface area contributed by atoms with Crippen molar-refractivity contribution in [2.75, 3.05) is 5.32 Å². The molecule has 0 aliphatic rings. The maximum atomic E-state index is 12.6. The minimum atomic E-state index is -0.143. The quantitative estimate of drug-likeness (QED) is 0.464. The summed E-state index contributed by atoms with van der Waals surface area (Å²) in [5.41, 5.74) is 2.53. The summed E-state index contributed by atoms with van der Waals surface area (Å²) in [5.74, 6) is 0.673. The van der Waals surface area contributed by atoms with E-state index in [-0.39, 0.29) is 12.3 Å². The summed E-state index contributed by atoms with van der Waals surface area (Å²) in [5, 5.41) is 5.44. The van der Waals surface area contributed by atoms with E-state index in [1.54, 1.807) is 17.5 Å². The summed E-state index contributed by atoms with van der Waals surface area (Å²) in [6.45, 7) is 0. The number of aromatic nitrogens is 5. The second-order valence-electron chi connectivity index (χ2n) is 6.47. The first kappa shape index (κ1) is 17.8. The van der Waals surface area contributed by atoms with E-state index in [9.17, 15) is 4.79 Å². The number of nitrogens with zero attached hydrogens (tertiary/aromatic N) is 5. The van der Waals surface area contributed by atoms with Gasteiger partial charge in [0.1, 0.15) is 0 Å². The lowest BCUT2D eigenvalue weighted by Crippen LogP contribution is -2.14. The van der Waals surface area contributed by atoms with Gasteiger partial charge < -0.3 is 9.88 Å². The molecule has 5 aromatic rings.